The Bertz CT molecular complexity index is 566. The zero-order chi connectivity index (χ0) is 19.4. The van der Waals surface area contributed by atoms with Crippen molar-refractivity contribution in [2.75, 3.05) is 13.7 Å². The highest BCUT2D eigenvalue weighted by molar-refractivity contribution is 6.67. The summed E-state index contributed by atoms with van der Waals surface area (Å²) >= 11 is 17.2. The third kappa shape index (κ3) is 7.71. The van der Waals surface area contributed by atoms with Crippen LogP contribution >= 0.6 is 34.8 Å². The number of amides is 3. The van der Waals surface area contributed by atoms with Crippen LogP contribution in [0.3, 0.4) is 0 Å². The smallest absolute Gasteiger partial charge is 0.408 e. The Labute approximate surface area is 161 Å². The minimum atomic E-state index is -1.60. The van der Waals surface area contributed by atoms with Gasteiger partial charge in [0.25, 0.3) is 11.8 Å². The Morgan fingerprint density at radius 2 is 1.92 bits per heavy atom. The molecule has 142 valence electrons. The number of hydrogen-bond acceptors (Lipinski definition) is 5. The van der Waals surface area contributed by atoms with Gasteiger partial charge in [0.2, 0.25) is 0 Å². The molecule has 1 aliphatic rings. The van der Waals surface area contributed by atoms with Gasteiger partial charge < -0.3 is 14.8 Å². The fourth-order valence-electron chi connectivity index (χ4n) is 2.01. The Balaban J connectivity index is 2.85. The highest BCUT2D eigenvalue weighted by Gasteiger charge is 2.35. The number of nitrogens with one attached hydrogen (secondary N) is 1. The summed E-state index contributed by atoms with van der Waals surface area (Å²) in [6, 6.07) is -1.08. The summed E-state index contributed by atoms with van der Waals surface area (Å²) in [5.74, 6) is -0.823. The topological polar surface area (TPSA) is 84.9 Å². The lowest BCUT2D eigenvalue weighted by Crippen LogP contribution is -2.50. The van der Waals surface area contributed by atoms with E-state index in [1.54, 1.807) is 20.8 Å². The van der Waals surface area contributed by atoms with E-state index in [1.807, 2.05) is 0 Å². The van der Waals surface area contributed by atoms with Crippen LogP contribution in [0.15, 0.2) is 11.8 Å². The average molecular weight is 416 g/mol. The van der Waals surface area contributed by atoms with E-state index < -0.39 is 33.3 Å². The van der Waals surface area contributed by atoms with Gasteiger partial charge in [-0.15, -0.1) is 0 Å². The van der Waals surface area contributed by atoms with Crippen molar-refractivity contribution in [3.8, 4) is 0 Å². The van der Waals surface area contributed by atoms with E-state index >= 15 is 0 Å². The van der Waals surface area contributed by atoms with Crippen molar-refractivity contribution in [1.82, 2.24) is 10.2 Å². The molecule has 1 N–H and O–H groups in total. The fourth-order valence-corrected chi connectivity index (χ4v) is 2.34. The number of alkyl halides is 3. The molecule has 0 spiro atoms. The molecule has 3 amide bonds. The highest BCUT2D eigenvalue weighted by Crippen LogP contribution is 2.32. The maximum absolute atomic E-state index is 12.7. The molecule has 0 aromatic heterocycles. The lowest BCUT2D eigenvalue weighted by molar-refractivity contribution is -0.142. The molecule has 0 aliphatic carbocycles. The number of imide groups is 1. The van der Waals surface area contributed by atoms with Gasteiger partial charge in [-0.1, -0.05) is 34.8 Å². The molecule has 1 heterocycles. The summed E-state index contributed by atoms with van der Waals surface area (Å²) in [6.45, 7) is 5.03. The first-order valence-corrected chi connectivity index (χ1v) is 8.62. The minimum Gasteiger partial charge on any atom is -0.499 e. The standard InChI is InChI=1S/C15H21Cl3N2O5/c1-14(2,3)25-13(23)19-10(5-6-15(16,17)18)12(22)20-8-9(24-4)7-11(20)21/h7,10H,5-6,8H2,1-4H3,(H,19,23)/t10-/m0/s1. The first-order chi connectivity index (χ1) is 11.3. The van der Waals surface area contributed by atoms with Crippen LogP contribution in [0.2, 0.25) is 0 Å². The second-order valence-corrected chi connectivity index (χ2v) is 8.95. The summed E-state index contributed by atoms with van der Waals surface area (Å²) in [5.41, 5.74) is -0.749. The van der Waals surface area contributed by atoms with Crippen LogP contribution < -0.4 is 5.32 Å². The number of ether oxygens (including phenoxy) is 2. The second-order valence-electron chi connectivity index (χ2n) is 6.43. The van der Waals surface area contributed by atoms with Crippen LogP contribution in [0.5, 0.6) is 0 Å². The summed E-state index contributed by atoms with van der Waals surface area (Å²) in [5, 5.41) is 2.43. The zero-order valence-corrected chi connectivity index (χ0v) is 16.7. The highest BCUT2D eigenvalue weighted by atomic mass is 35.6. The van der Waals surface area contributed by atoms with Gasteiger partial charge in [0.1, 0.15) is 17.4 Å². The first-order valence-electron chi connectivity index (χ1n) is 7.48. The molecule has 0 aromatic carbocycles. The maximum atomic E-state index is 12.7. The van der Waals surface area contributed by atoms with E-state index in [-0.39, 0.29) is 19.4 Å². The SMILES string of the molecule is COC1=CC(=O)N(C(=O)[C@H](CCC(Cl)(Cl)Cl)NC(=O)OC(C)(C)C)C1. The van der Waals surface area contributed by atoms with Crippen molar-refractivity contribution >= 4 is 52.7 Å². The van der Waals surface area contributed by atoms with E-state index in [1.165, 1.54) is 13.2 Å². The van der Waals surface area contributed by atoms with Gasteiger partial charge in [-0.3, -0.25) is 14.5 Å². The molecule has 1 atom stereocenters. The van der Waals surface area contributed by atoms with Crippen molar-refractivity contribution in [3.63, 3.8) is 0 Å². The first kappa shape index (κ1) is 21.9. The van der Waals surface area contributed by atoms with Gasteiger partial charge >= 0.3 is 6.09 Å². The van der Waals surface area contributed by atoms with Gasteiger partial charge in [-0.25, -0.2) is 4.79 Å². The fraction of sp³-hybridized carbons (Fsp3) is 0.667. The molecule has 0 aromatic rings. The molecule has 0 radical (unpaired) electrons. The van der Waals surface area contributed by atoms with Crippen molar-refractivity contribution in [2.24, 2.45) is 0 Å². The Morgan fingerprint density at radius 3 is 2.36 bits per heavy atom. The molecule has 0 unspecified atom stereocenters. The van der Waals surface area contributed by atoms with E-state index in [0.717, 1.165) is 4.90 Å². The van der Waals surface area contributed by atoms with E-state index in [4.69, 9.17) is 44.3 Å². The molecule has 0 fully saturated rings. The Morgan fingerprint density at radius 1 is 1.32 bits per heavy atom. The predicted molar refractivity (Wildman–Crippen MR) is 94.5 cm³/mol. The second kappa shape index (κ2) is 8.47. The van der Waals surface area contributed by atoms with Crippen molar-refractivity contribution < 1.29 is 23.9 Å². The third-order valence-corrected chi connectivity index (χ3v) is 3.67. The monoisotopic (exact) mass is 414 g/mol. The summed E-state index contributed by atoms with van der Waals surface area (Å²) in [4.78, 5) is 37.5. The van der Waals surface area contributed by atoms with Crippen molar-refractivity contribution in [2.45, 2.75) is 49.0 Å². The van der Waals surface area contributed by atoms with Gasteiger partial charge in [0.05, 0.1) is 13.7 Å². The van der Waals surface area contributed by atoms with Crippen LogP contribution in [0.25, 0.3) is 0 Å². The molecule has 1 aliphatic heterocycles. The van der Waals surface area contributed by atoms with Crippen LogP contribution in [0.1, 0.15) is 33.6 Å². The number of carbonyl (C=O) groups excluding carboxylic acids is 3. The number of alkyl carbamates (subject to hydrolysis) is 1. The van der Waals surface area contributed by atoms with Crippen LogP contribution in [-0.2, 0) is 19.1 Å². The van der Waals surface area contributed by atoms with E-state index in [0.29, 0.717) is 5.76 Å². The Hall–Kier alpha value is -1.18. The van der Waals surface area contributed by atoms with Crippen LogP contribution in [0, 0.1) is 0 Å². The quantitative estimate of drug-likeness (QED) is 0.698. The molecule has 0 saturated carbocycles. The minimum absolute atomic E-state index is 0.00351. The molecular weight excluding hydrogens is 395 g/mol. The number of hydrogen-bond donors (Lipinski definition) is 1. The third-order valence-electron chi connectivity index (χ3n) is 3.10. The molecule has 0 bridgehead atoms. The average Bonchev–Trinajstić information content (AvgIpc) is 2.81. The van der Waals surface area contributed by atoms with Crippen molar-refractivity contribution in [1.29, 1.82) is 0 Å². The maximum Gasteiger partial charge on any atom is 0.408 e. The number of rotatable bonds is 5. The van der Waals surface area contributed by atoms with Crippen LogP contribution in [-0.4, -0.2) is 51.9 Å². The molecule has 1 rings (SSSR count). The normalized spacial score (nSPS) is 16.4. The van der Waals surface area contributed by atoms with Gasteiger partial charge in [-0.05, 0) is 33.6 Å². The summed E-state index contributed by atoms with van der Waals surface area (Å²) in [6.07, 6.45) is 0.413. The molecular formula is C15H21Cl3N2O5. The van der Waals surface area contributed by atoms with Gasteiger partial charge in [-0.2, -0.15) is 0 Å². The molecule has 7 nitrogen and oxygen atoms in total. The van der Waals surface area contributed by atoms with Gasteiger partial charge in [0, 0.05) is 6.08 Å². The number of methoxy groups -OCH3 is 1. The largest absolute Gasteiger partial charge is 0.499 e. The molecule has 10 heteroatoms. The number of halogens is 3. The summed E-state index contributed by atoms with van der Waals surface area (Å²) in [7, 11) is 1.40. The summed E-state index contributed by atoms with van der Waals surface area (Å²) < 4.78 is 8.52. The van der Waals surface area contributed by atoms with Gasteiger partial charge in [0.15, 0.2) is 3.79 Å². The molecule has 25 heavy (non-hydrogen) atoms. The predicted octanol–water partition coefficient (Wildman–Crippen LogP) is 2.93. The number of carbonyl (C=O) groups is 3. The van der Waals surface area contributed by atoms with E-state index in [2.05, 4.69) is 5.32 Å². The van der Waals surface area contributed by atoms with Crippen LogP contribution in [0.4, 0.5) is 4.79 Å². The zero-order valence-electron chi connectivity index (χ0n) is 14.4. The van der Waals surface area contributed by atoms with E-state index in [9.17, 15) is 14.4 Å². The lowest BCUT2D eigenvalue weighted by Gasteiger charge is -2.26. The lowest BCUT2D eigenvalue weighted by atomic mass is 10.1. The molecule has 0 saturated heterocycles. The Kier molecular flexibility index (Phi) is 7.40. The number of nitrogens with zero attached hydrogens (tertiary/aromatic N) is 1. The van der Waals surface area contributed by atoms with Crippen molar-refractivity contribution in [3.05, 3.63) is 11.8 Å².